The Morgan fingerprint density at radius 3 is 2.12 bits per heavy atom. The molecule has 0 bridgehead atoms. The van der Waals surface area contributed by atoms with Gasteiger partial charge in [0.15, 0.2) is 22.2 Å². The fourth-order valence-corrected chi connectivity index (χ4v) is 7.63. The summed E-state index contributed by atoms with van der Waals surface area (Å²) in [5.41, 5.74) is 13.1. The zero-order valence-electron chi connectivity index (χ0n) is 30.8. The molecular formula is C45H43N4O2+. The second-order valence-electron chi connectivity index (χ2n) is 15.5. The summed E-state index contributed by atoms with van der Waals surface area (Å²) in [6.45, 7) is 17.5. The highest BCUT2D eigenvalue weighted by Crippen LogP contribution is 2.45. The molecule has 0 saturated heterocycles. The van der Waals surface area contributed by atoms with Crippen molar-refractivity contribution in [2.45, 2.75) is 72.6 Å². The highest BCUT2D eigenvalue weighted by atomic mass is 16.4. The van der Waals surface area contributed by atoms with E-state index in [-0.39, 0.29) is 17.3 Å². The van der Waals surface area contributed by atoms with Crippen LogP contribution in [-0.4, -0.2) is 9.55 Å². The largest absolute Gasteiger partial charge is 0.455 e. The molecule has 0 amide bonds. The van der Waals surface area contributed by atoms with E-state index in [0.29, 0.717) is 28.1 Å². The number of para-hydroxylation sites is 2. The lowest BCUT2D eigenvalue weighted by atomic mass is 9.88. The Morgan fingerprint density at radius 1 is 0.804 bits per heavy atom. The molecule has 3 heterocycles. The maximum atomic E-state index is 10.6. The van der Waals surface area contributed by atoms with Crippen molar-refractivity contribution in [3.05, 3.63) is 113 Å². The number of fused-ring (bicyclic) bond motifs is 5. The lowest BCUT2D eigenvalue weighted by molar-refractivity contribution is -0.633. The van der Waals surface area contributed by atoms with Gasteiger partial charge in [-0.25, -0.2) is 9.55 Å². The smallest absolute Gasteiger partial charge is 0.299 e. The minimum absolute atomic E-state index is 0.252. The monoisotopic (exact) mass is 671 g/mol. The summed E-state index contributed by atoms with van der Waals surface area (Å²) in [7, 11) is 2.14. The normalized spacial score (nSPS) is 12.4. The molecule has 0 atom stereocenters. The van der Waals surface area contributed by atoms with Crippen molar-refractivity contribution in [3.8, 4) is 34.3 Å². The zero-order valence-corrected chi connectivity index (χ0v) is 30.8. The van der Waals surface area contributed by atoms with Gasteiger partial charge in [-0.15, -0.1) is 0 Å². The number of rotatable bonds is 5. The summed E-state index contributed by atoms with van der Waals surface area (Å²) < 4.78 is 17.9. The van der Waals surface area contributed by atoms with E-state index >= 15 is 0 Å². The van der Waals surface area contributed by atoms with E-state index in [1.807, 2.05) is 6.07 Å². The quantitative estimate of drug-likeness (QED) is 0.171. The lowest BCUT2D eigenvalue weighted by Gasteiger charge is -2.21. The first-order valence-electron chi connectivity index (χ1n) is 17.8. The first kappa shape index (κ1) is 32.5. The minimum Gasteiger partial charge on any atom is -0.455 e. The predicted octanol–water partition coefficient (Wildman–Crippen LogP) is 11.6. The molecule has 3 aromatic heterocycles. The predicted molar refractivity (Wildman–Crippen MR) is 206 cm³/mol. The molecule has 254 valence electrons. The second kappa shape index (κ2) is 11.7. The molecule has 0 radical (unpaired) electrons. The van der Waals surface area contributed by atoms with Crippen LogP contribution in [0.25, 0.3) is 72.3 Å². The van der Waals surface area contributed by atoms with Gasteiger partial charge < -0.3 is 8.83 Å². The molecule has 8 aromatic rings. The first-order valence-corrected chi connectivity index (χ1v) is 17.8. The van der Waals surface area contributed by atoms with E-state index in [1.54, 1.807) is 0 Å². The van der Waals surface area contributed by atoms with Gasteiger partial charge in [-0.1, -0.05) is 103 Å². The summed E-state index contributed by atoms with van der Waals surface area (Å²) >= 11 is 0. The number of nitriles is 1. The van der Waals surface area contributed by atoms with Crippen LogP contribution in [0, 0.1) is 18.3 Å². The van der Waals surface area contributed by atoms with E-state index in [1.165, 1.54) is 27.9 Å². The van der Waals surface area contributed by atoms with Crippen LogP contribution in [0.15, 0.2) is 93.8 Å². The molecule has 6 nitrogen and oxygen atoms in total. The Labute approximate surface area is 298 Å². The van der Waals surface area contributed by atoms with Gasteiger partial charge in [0.25, 0.3) is 5.82 Å². The Balaban J connectivity index is 1.50. The average molecular weight is 672 g/mol. The number of hydrogen-bond donors (Lipinski definition) is 0. The van der Waals surface area contributed by atoms with Crippen molar-refractivity contribution in [3.63, 3.8) is 0 Å². The number of benzene rings is 5. The summed E-state index contributed by atoms with van der Waals surface area (Å²) in [6, 6.07) is 32.6. The zero-order chi connectivity index (χ0) is 35.9. The number of imidazole rings is 1. The number of furan rings is 1. The molecule has 51 heavy (non-hydrogen) atoms. The number of hydrogen-bond acceptors (Lipinski definition) is 4. The van der Waals surface area contributed by atoms with Gasteiger partial charge in [-0.05, 0) is 59.7 Å². The van der Waals surface area contributed by atoms with Crippen LogP contribution < -0.4 is 4.57 Å². The topological polar surface area (TPSA) is 71.8 Å². The average Bonchev–Trinajstić information content (AvgIpc) is 3.79. The third kappa shape index (κ3) is 4.98. The van der Waals surface area contributed by atoms with Crippen LogP contribution >= 0.6 is 0 Å². The lowest BCUT2D eigenvalue weighted by Crippen LogP contribution is -2.30. The van der Waals surface area contributed by atoms with E-state index in [4.69, 9.17) is 13.8 Å². The molecule has 0 aliphatic rings. The summed E-state index contributed by atoms with van der Waals surface area (Å²) in [4.78, 5) is 4.80. The van der Waals surface area contributed by atoms with E-state index in [0.717, 1.165) is 44.3 Å². The highest BCUT2D eigenvalue weighted by Gasteiger charge is 2.35. The van der Waals surface area contributed by atoms with Gasteiger partial charge in [0.1, 0.15) is 34.0 Å². The Bertz CT molecular complexity index is 2680. The first-order chi connectivity index (χ1) is 24.4. The third-order valence-corrected chi connectivity index (χ3v) is 10.2. The van der Waals surface area contributed by atoms with Gasteiger partial charge in [-0.3, -0.25) is 0 Å². The molecule has 6 heteroatoms. The third-order valence-electron chi connectivity index (χ3n) is 10.2. The van der Waals surface area contributed by atoms with Crippen LogP contribution in [0.4, 0.5) is 0 Å². The molecular weight excluding hydrogens is 629 g/mol. The van der Waals surface area contributed by atoms with E-state index in [9.17, 15) is 5.26 Å². The van der Waals surface area contributed by atoms with Crippen molar-refractivity contribution < 1.29 is 13.4 Å². The van der Waals surface area contributed by atoms with Gasteiger partial charge >= 0.3 is 0 Å². The summed E-state index contributed by atoms with van der Waals surface area (Å²) in [5, 5.41) is 12.2. The van der Waals surface area contributed by atoms with Gasteiger partial charge in [0.2, 0.25) is 5.89 Å². The van der Waals surface area contributed by atoms with Crippen LogP contribution in [0.2, 0.25) is 0 Å². The number of aromatic nitrogens is 3. The van der Waals surface area contributed by atoms with Crippen molar-refractivity contribution >= 4 is 44.1 Å². The molecule has 0 aliphatic carbocycles. The number of oxazole rings is 1. The van der Waals surface area contributed by atoms with Crippen molar-refractivity contribution in [2.75, 3.05) is 0 Å². The maximum absolute atomic E-state index is 10.6. The fourth-order valence-electron chi connectivity index (χ4n) is 7.63. The van der Waals surface area contributed by atoms with E-state index in [2.05, 4.69) is 157 Å². The highest BCUT2D eigenvalue weighted by molar-refractivity contribution is 6.15. The Morgan fingerprint density at radius 2 is 1.47 bits per heavy atom. The maximum Gasteiger partial charge on any atom is 0.299 e. The molecule has 0 unspecified atom stereocenters. The molecule has 5 aromatic carbocycles. The number of nitrogens with zero attached hydrogens (tertiary/aromatic N) is 4. The molecule has 0 fully saturated rings. The van der Waals surface area contributed by atoms with Crippen LogP contribution in [-0.2, 0) is 12.5 Å². The fraction of sp³-hybridized carbons (Fsp3) is 0.267. The van der Waals surface area contributed by atoms with Crippen molar-refractivity contribution in [2.24, 2.45) is 7.05 Å². The Hall–Kier alpha value is -5.67. The van der Waals surface area contributed by atoms with Crippen LogP contribution in [0.1, 0.15) is 88.4 Å². The van der Waals surface area contributed by atoms with Crippen LogP contribution in [0.5, 0.6) is 0 Å². The van der Waals surface area contributed by atoms with Crippen molar-refractivity contribution in [1.82, 2.24) is 9.55 Å². The molecule has 0 aliphatic heterocycles. The molecule has 0 spiro atoms. The summed E-state index contributed by atoms with van der Waals surface area (Å²) in [6.07, 6.45) is 0. The van der Waals surface area contributed by atoms with Gasteiger partial charge in [0.05, 0.1) is 7.05 Å². The number of aryl methyl sites for hydroxylation is 2. The Kier molecular flexibility index (Phi) is 7.46. The van der Waals surface area contributed by atoms with Crippen LogP contribution in [0.3, 0.4) is 0 Å². The van der Waals surface area contributed by atoms with Crippen molar-refractivity contribution in [1.29, 1.82) is 5.26 Å². The molecule has 8 rings (SSSR count). The standard InChI is InChI=1S/C45H43N4O2/c1-25(2)31-21-29(28-15-11-10-12-16-28)22-32(26(3)4)40(31)49-36-18-14-13-17-35(36)48(9)43(49)38-27(5)19-20-30-39-33(24-46)41-34(23-37(39)50-42(30)38)47-44(51-41)45(6,7)8/h10-23,25-26H,1-9H3/q+1. The second-order valence-corrected chi connectivity index (χ2v) is 15.5. The minimum atomic E-state index is -0.301. The SMILES string of the molecule is Cc1ccc2c(oc3cc4nc(C(C)(C)C)oc4c(C#N)c32)c1-c1n(-c2c(C(C)C)cc(-c3ccccc3)cc2C(C)C)c2ccccc2[n+]1C. The summed E-state index contributed by atoms with van der Waals surface area (Å²) in [5.74, 6) is 2.12. The van der Waals surface area contributed by atoms with E-state index < -0.39 is 0 Å². The molecule has 0 saturated carbocycles. The van der Waals surface area contributed by atoms with Gasteiger partial charge in [0, 0.05) is 33.4 Å². The molecule has 0 N–H and O–H groups in total. The van der Waals surface area contributed by atoms with Gasteiger partial charge in [-0.2, -0.15) is 9.83 Å².